The number of sulfone groups is 1. The topological polar surface area (TPSA) is 71.5 Å². The maximum Gasteiger partial charge on any atom is 0.244 e. The van der Waals surface area contributed by atoms with Gasteiger partial charge in [0.25, 0.3) is 0 Å². The third kappa shape index (κ3) is 4.29. The lowest BCUT2D eigenvalue weighted by molar-refractivity contribution is 0.452. The Morgan fingerprint density at radius 1 is 1.29 bits per heavy atom. The summed E-state index contributed by atoms with van der Waals surface area (Å²) in [6.45, 7) is 7.48. The Bertz CT molecular complexity index is 754. The Hall–Kier alpha value is -0.890. The number of rotatable bonds is 6. The van der Waals surface area contributed by atoms with Crippen molar-refractivity contribution >= 4 is 31.5 Å². The van der Waals surface area contributed by atoms with Gasteiger partial charge in [-0.15, -0.1) is 0 Å². The Morgan fingerprint density at radius 3 is 2.29 bits per heavy atom. The van der Waals surface area contributed by atoms with Crippen LogP contribution in [0.5, 0.6) is 0 Å². The minimum atomic E-state index is -3.88. The molecule has 0 unspecified atom stereocenters. The van der Waals surface area contributed by atoms with Crippen LogP contribution >= 0.6 is 11.6 Å². The van der Waals surface area contributed by atoms with Gasteiger partial charge in [-0.05, 0) is 25.1 Å². The summed E-state index contributed by atoms with van der Waals surface area (Å²) in [6, 6.07) is 3.65. The second-order valence-electron chi connectivity index (χ2n) is 4.75. The van der Waals surface area contributed by atoms with Crippen LogP contribution in [-0.2, 0) is 19.9 Å². The van der Waals surface area contributed by atoms with E-state index in [0.29, 0.717) is 5.57 Å². The lowest BCUT2D eigenvalue weighted by atomic mass is 10.3. The van der Waals surface area contributed by atoms with Crippen molar-refractivity contribution in [3.63, 3.8) is 0 Å². The van der Waals surface area contributed by atoms with E-state index in [1.54, 1.807) is 13.8 Å². The Balaban J connectivity index is 3.46. The van der Waals surface area contributed by atoms with Crippen LogP contribution in [-0.4, -0.2) is 40.5 Å². The first-order valence-corrected chi connectivity index (χ1v) is 9.85. The number of benzene rings is 1. The zero-order chi connectivity index (χ0) is 16.4. The smallest absolute Gasteiger partial charge is 0.224 e. The van der Waals surface area contributed by atoms with Gasteiger partial charge in [0.15, 0.2) is 9.84 Å². The summed E-state index contributed by atoms with van der Waals surface area (Å²) >= 11 is 5.95. The summed E-state index contributed by atoms with van der Waals surface area (Å²) in [5.74, 6) is 0. The fourth-order valence-corrected chi connectivity index (χ4v) is 4.45. The van der Waals surface area contributed by atoms with E-state index in [0.717, 1.165) is 12.3 Å². The van der Waals surface area contributed by atoms with Gasteiger partial charge in [-0.25, -0.2) is 16.8 Å². The second-order valence-corrected chi connectivity index (χ2v) is 9.08. The largest absolute Gasteiger partial charge is 0.244 e. The van der Waals surface area contributed by atoms with Crippen LogP contribution in [0.3, 0.4) is 0 Å². The van der Waals surface area contributed by atoms with Crippen molar-refractivity contribution in [2.24, 2.45) is 0 Å². The van der Waals surface area contributed by atoms with Gasteiger partial charge in [0.05, 0.1) is 9.92 Å². The number of sulfonamides is 1. The maximum absolute atomic E-state index is 12.6. The molecule has 0 saturated heterocycles. The fraction of sp³-hybridized carbons (Fsp3) is 0.385. The van der Waals surface area contributed by atoms with Crippen molar-refractivity contribution in [3.05, 3.63) is 35.4 Å². The Morgan fingerprint density at radius 2 is 1.86 bits per heavy atom. The summed E-state index contributed by atoms with van der Waals surface area (Å²) in [5, 5.41) is -0.0115. The molecule has 8 heteroatoms. The molecule has 0 aliphatic heterocycles. The number of halogens is 1. The molecular weight excluding hydrogens is 334 g/mol. The zero-order valence-electron chi connectivity index (χ0n) is 12.1. The lowest BCUT2D eigenvalue weighted by Gasteiger charge is -2.21. The SMILES string of the molecule is C=C(C)CN(CC)S(=O)(=O)c1cc(S(C)(=O)=O)ccc1Cl. The minimum absolute atomic E-state index is 0.0115. The number of likely N-dealkylation sites (N-methyl/N-ethyl adjacent to an activating group) is 1. The summed E-state index contributed by atoms with van der Waals surface area (Å²) in [6.07, 6.45) is 1.01. The van der Waals surface area contributed by atoms with E-state index in [9.17, 15) is 16.8 Å². The molecule has 0 saturated carbocycles. The fourth-order valence-electron chi connectivity index (χ4n) is 1.72. The van der Waals surface area contributed by atoms with Gasteiger partial charge >= 0.3 is 0 Å². The van der Waals surface area contributed by atoms with E-state index >= 15 is 0 Å². The van der Waals surface area contributed by atoms with Gasteiger partial charge in [0.2, 0.25) is 10.0 Å². The van der Waals surface area contributed by atoms with Crippen LogP contribution < -0.4 is 0 Å². The van der Waals surface area contributed by atoms with Crippen LogP contribution in [0.4, 0.5) is 0 Å². The average Bonchev–Trinajstić information content (AvgIpc) is 2.34. The summed E-state index contributed by atoms with van der Waals surface area (Å²) in [5.41, 5.74) is 0.677. The molecule has 0 atom stereocenters. The molecule has 1 rings (SSSR count). The van der Waals surface area contributed by atoms with Gasteiger partial charge in [0.1, 0.15) is 4.90 Å². The molecule has 21 heavy (non-hydrogen) atoms. The van der Waals surface area contributed by atoms with Gasteiger partial charge in [-0.2, -0.15) is 4.31 Å². The quantitative estimate of drug-likeness (QED) is 0.737. The van der Waals surface area contributed by atoms with Crippen molar-refractivity contribution in [2.75, 3.05) is 19.3 Å². The first-order chi connectivity index (χ1) is 9.50. The van der Waals surface area contributed by atoms with Gasteiger partial charge in [-0.3, -0.25) is 0 Å². The molecule has 0 N–H and O–H groups in total. The van der Waals surface area contributed by atoms with Crippen molar-refractivity contribution in [3.8, 4) is 0 Å². The first kappa shape index (κ1) is 18.2. The lowest BCUT2D eigenvalue weighted by Crippen LogP contribution is -2.32. The van der Waals surface area contributed by atoms with Crippen LogP contribution in [0.2, 0.25) is 5.02 Å². The summed E-state index contributed by atoms with van der Waals surface area (Å²) < 4.78 is 49.6. The van der Waals surface area contributed by atoms with Crippen LogP contribution in [0.25, 0.3) is 0 Å². The number of hydrogen-bond acceptors (Lipinski definition) is 4. The predicted octanol–water partition coefficient (Wildman–Crippen LogP) is 2.33. The maximum atomic E-state index is 12.6. The number of hydrogen-bond donors (Lipinski definition) is 0. The van der Waals surface area contributed by atoms with Crippen LogP contribution in [0.1, 0.15) is 13.8 Å². The van der Waals surface area contributed by atoms with E-state index in [2.05, 4.69) is 6.58 Å². The standard InChI is InChI=1S/C13H18ClNO4S2/c1-5-15(9-10(2)3)21(18,19)13-8-11(20(4,16)17)6-7-12(13)14/h6-8H,2,5,9H2,1,3-4H3. The molecule has 1 aromatic carbocycles. The van der Waals surface area contributed by atoms with Crippen molar-refractivity contribution in [2.45, 2.75) is 23.6 Å². The molecule has 0 radical (unpaired) electrons. The third-order valence-electron chi connectivity index (χ3n) is 2.75. The second kappa shape index (κ2) is 6.48. The van der Waals surface area contributed by atoms with E-state index in [1.807, 2.05) is 0 Å². The van der Waals surface area contributed by atoms with Crippen molar-refractivity contribution in [1.29, 1.82) is 0 Å². The molecule has 118 valence electrons. The average molecular weight is 352 g/mol. The van der Waals surface area contributed by atoms with E-state index in [-0.39, 0.29) is 27.9 Å². The van der Waals surface area contributed by atoms with E-state index in [1.165, 1.54) is 16.4 Å². The highest BCUT2D eigenvalue weighted by Gasteiger charge is 2.27. The highest BCUT2D eigenvalue weighted by molar-refractivity contribution is 7.91. The molecule has 0 aliphatic rings. The Kier molecular flexibility index (Phi) is 5.60. The van der Waals surface area contributed by atoms with Crippen molar-refractivity contribution < 1.29 is 16.8 Å². The molecule has 0 aromatic heterocycles. The minimum Gasteiger partial charge on any atom is -0.224 e. The predicted molar refractivity (Wildman–Crippen MR) is 83.8 cm³/mol. The summed E-state index contributed by atoms with van der Waals surface area (Å²) in [7, 11) is -7.40. The monoisotopic (exact) mass is 351 g/mol. The molecule has 5 nitrogen and oxygen atoms in total. The molecule has 0 aliphatic carbocycles. The molecule has 1 aromatic rings. The molecule has 0 heterocycles. The van der Waals surface area contributed by atoms with Gasteiger partial charge in [0, 0.05) is 19.3 Å². The Labute approximate surface area is 131 Å². The molecule has 0 amide bonds. The summed E-state index contributed by atoms with van der Waals surface area (Å²) in [4.78, 5) is -0.299. The molecule has 0 bridgehead atoms. The van der Waals surface area contributed by atoms with Gasteiger partial charge in [-0.1, -0.05) is 30.7 Å². The van der Waals surface area contributed by atoms with E-state index < -0.39 is 19.9 Å². The highest BCUT2D eigenvalue weighted by atomic mass is 35.5. The van der Waals surface area contributed by atoms with Gasteiger partial charge < -0.3 is 0 Å². The van der Waals surface area contributed by atoms with E-state index in [4.69, 9.17) is 11.6 Å². The van der Waals surface area contributed by atoms with Crippen molar-refractivity contribution in [1.82, 2.24) is 4.31 Å². The normalized spacial score (nSPS) is 12.6. The highest BCUT2D eigenvalue weighted by Crippen LogP contribution is 2.27. The zero-order valence-corrected chi connectivity index (χ0v) is 14.5. The molecule has 0 spiro atoms. The third-order valence-corrected chi connectivity index (χ3v) is 6.26. The first-order valence-electron chi connectivity index (χ1n) is 6.14. The molecule has 0 fully saturated rings. The molecular formula is C13H18ClNO4S2. The number of nitrogens with zero attached hydrogens (tertiary/aromatic N) is 1. The van der Waals surface area contributed by atoms with Crippen LogP contribution in [0, 0.1) is 0 Å². The van der Waals surface area contributed by atoms with Crippen LogP contribution in [0.15, 0.2) is 40.1 Å².